The number of amides is 1. The summed E-state index contributed by atoms with van der Waals surface area (Å²) in [4.78, 5) is 11.4. The van der Waals surface area contributed by atoms with Crippen LogP contribution in [0, 0.1) is 5.92 Å². The fraction of sp³-hybridized carbons (Fsp3) is 0.435. The fourth-order valence-corrected chi connectivity index (χ4v) is 5.81. The Balaban J connectivity index is 1.56. The van der Waals surface area contributed by atoms with Gasteiger partial charge in [-0.2, -0.15) is 0 Å². The van der Waals surface area contributed by atoms with Crippen molar-refractivity contribution in [3.05, 3.63) is 70.8 Å². The quantitative estimate of drug-likeness (QED) is 0.600. The molecular formula is C23H28N2O4S. The van der Waals surface area contributed by atoms with Crippen LogP contribution < -0.4 is 10.0 Å². The van der Waals surface area contributed by atoms with E-state index < -0.39 is 16.1 Å². The fourth-order valence-electron chi connectivity index (χ4n) is 4.35. The van der Waals surface area contributed by atoms with Crippen molar-refractivity contribution in [3.63, 3.8) is 0 Å². The summed E-state index contributed by atoms with van der Waals surface area (Å²) in [6.45, 7) is 0.261. The Morgan fingerprint density at radius 2 is 1.80 bits per heavy atom. The van der Waals surface area contributed by atoms with E-state index in [-0.39, 0.29) is 24.3 Å². The van der Waals surface area contributed by atoms with Gasteiger partial charge in [0.05, 0.1) is 5.75 Å². The standard InChI is InChI=1S/C23H28N2O4S/c26-23(27)25-22-11-10-19-9-8-18(14-24-30(28,29)15-17-6-7-17)13-20(19)21(22)12-16-4-2-1-3-5-16/h1-5,8-9,13,17,21-22,24-25H,6-7,10-12,14-15H2,(H,26,27). The zero-order valence-corrected chi connectivity index (χ0v) is 17.7. The van der Waals surface area contributed by atoms with Crippen molar-refractivity contribution in [3.8, 4) is 0 Å². The van der Waals surface area contributed by atoms with E-state index in [0.717, 1.165) is 48.8 Å². The highest BCUT2D eigenvalue weighted by Gasteiger charge is 2.31. The number of fused-ring (bicyclic) bond motifs is 1. The van der Waals surface area contributed by atoms with Crippen LogP contribution in [0.15, 0.2) is 48.5 Å². The van der Waals surface area contributed by atoms with Crippen molar-refractivity contribution in [1.82, 2.24) is 10.0 Å². The first kappa shape index (κ1) is 20.9. The molecule has 4 rings (SSSR count). The summed E-state index contributed by atoms with van der Waals surface area (Å²) < 4.78 is 27.2. The normalized spacial score (nSPS) is 21.1. The number of rotatable bonds is 8. The summed E-state index contributed by atoms with van der Waals surface area (Å²) in [5, 5.41) is 12.0. The van der Waals surface area contributed by atoms with Crippen LogP contribution in [-0.4, -0.2) is 31.4 Å². The predicted octanol–water partition coefficient (Wildman–Crippen LogP) is 3.42. The Morgan fingerprint density at radius 3 is 2.50 bits per heavy atom. The SMILES string of the molecule is O=C(O)NC1CCc2ccc(CNS(=O)(=O)CC3CC3)cc2C1Cc1ccccc1. The van der Waals surface area contributed by atoms with Crippen molar-refractivity contribution in [2.24, 2.45) is 5.92 Å². The monoisotopic (exact) mass is 428 g/mol. The molecule has 2 aliphatic carbocycles. The van der Waals surface area contributed by atoms with Crippen LogP contribution in [-0.2, 0) is 29.4 Å². The molecular weight excluding hydrogens is 400 g/mol. The van der Waals surface area contributed by atoms with E-state index in [2.05, 4.69) is 34.3 Å². The molecule has 30 heavy (non-hydrogen) atoms. The lowest BCUT2D eigenvalue weighted by Gasteiger charge is -2.34. The van der Waals surface area contributed by atoms with Gasteiger partial charge in [-0.25, -0.2) is 17.9 Å². The Morgan fingerprint density at radius 1 is 1.03 bits per heavy atom. The molecule has 2 aromatic rings. The molecule has 7 heteroatoms. The number of benzene rings is 2. The number of carbonyl (C=O) groups is 1. The third kappa shape index (κ3) is 5.40. The van der Waals surface area contributed by atoms with Gasteiger partial charge in [0.25, 0.3) is 0 Å². The van der Waals surface area contributed by atoms with E-state index in [4.69, 9.17) is 0 Å². The van der Waals surface area contributed by atoms with Crippen molar-refractivity contribution in [2.45, 2.75) is 50.6 Å². The molecule has 6 nitrogen and oxygen atoms in total. The van der Waals surface area contributed by atoms with E-state index >= 15 is 0 Å². The molecule has 1 fully saturated rings. The highest BCUT2D eigenvalue weighted by Crippen LogP contribution is 2.35. The summed E-state index contributed by atoms with van der Waals surface area (Å²) in [6, 6.07) is 16.0. The Kier molecular flexibility index (Phi) is 6.11. The minimum absolute atomic E-state index is 0.00951. The highest BCUT2D eigenvalue weighted by molar-refractivity contribution is 7.89. The van der Waals surface area contributed by atoms with Gasteiger partial charge < -0.3 is 10.4 Å². The first-order valence-electron chi connectivity index (χ1n) is 10.5. The number of carboxylic acid groups (broad SMARTS) is 1. The van der Waals surface area contributed by atoms with Crippen LogP contribution in [0.25, 0.3) is 0 Å². The van der Waals surface area contributed by atoms with Gasteiger partial charge in [0.1, 0.15) is 0 Å². The second-order valence-corrected chi connectivity index (χ2v) is 10.3. The van der Waals surface area contributed by atoms with Crippen molar-refractivity contribution < 1.29 is 18.3 Å². The minimum Gasteiger partial charge on any atom is -0.465 e. The number of sulfonamides is 1. The lowest BCUT2D eigenvalue weighted by atomic mass is 9.75. The molecule has 2 atom stereocenters. The Labute approximate surface area is 177 Å². The van der Waals surface area contributed by atoms with Gasteiger partial charge in [0, 0.05) is 18.5 Å². The van der Waals surface area contributed by atoms with E-state index in [0.29, 0.717) is 5.92 Å². The summed E-state index contributed by atoms with van der Waals surface area (Å²) in [5.74, 6) is 0.526. The molecule has 2 aliphatic rings. The Bertz CT molecular complexity index is 1000. The van der Waals surface area contributed by atoms with Crippen LogP contribution in [0.4, 0.5) is 4.79 Å². The molecule has 0 saturated heterocycles. The van der Waals surface area contributed by atoms with Crippen LogP contribution in [0.3, 0.4) is 0 Å². The molecule has 0 aromatic heterocycles. The summed E-state index contributed by atoms with van der Waals surface area (Å²) in [5.41, 5.74) is 4.39. The maximum Gasteiger partial charge on any atom is 0.404 e. The predicted molar refractivity (Wildman–Crippen MR) is 116 cm³/mol. The Hall–Kier alpha value is -2.38. The molecule has 2 aromatic carbocycles. The zero-order valence-electron chi connectivity index (χ0n) is 16.9. The van der Waals surface area contributed by atoms with Crippen molar-refractivity contribution in [1.29, 1.82) is 0 Å². The van der Waals surface area contributed by atoms with Crippen molar-refractivity contribution >= 4 is 16.1 Å². The summed E-state index contributed by atoms with van der Waals surface area (Å²) in [6.07, 6.45) is 3.28. The molecule has 1 saturated carbocycles. The molecule has 0 heterocycles. The van der Waals surface area contributed by atoms with Crippen LogP contribution >= 0.6 is 0 Å². The third-order valence-electron chi connectivity index (χ3n) is 6.08. The minimum atomic E-state index is -3.27. The van der Waals surface area contributed by atoms with E-state index in [1.165, 1.54) is 5.56 Å². The number of hydrogen-bond acceptors (Lipinski definition) is 3. The lowest BCUT2D eigenvalue weighted by molar-refractivity contribution is 0.185. The molecule has 3 N–H and O–H groups in total. The number of nitrogens with one attached hydrogen (secondary N) is 2. The topological polar surface area (TPSA) is 95.5 Å². The molecule has 160 valence electrons. The molecule has 1 amide bonds. The van der Waals surface area contributed by atoms with Gasteiger partial charge in [0.15, 0.2) is 0 Å². The smallest absolute Gasteiger partial charge is 0.404 e. The van der Waals surface area contributed by atoms with Gasteiger partial charge in [-0.05, 0) is 60.3 Å². The zero-order chi connectivity index (χ0) is 21.1. The average molecular weight is 429 g/mol. The highest BCUT2D eigenvalue weighted by atomic mass is 32.2. The summed E-state index contributed by atoms with van der Waals surface area (Å²) in [7, 11) is -3.27. The summed E-state index contributed by atoms with van der Waals surface area (Å²) >= 11 is 0. The maximum atomic E-state index is 12.2. The molecule has 2 unspecified atom stereocenters. The molecule has 0 radical (unpaired) electrons. The second kappa shape index (κ2) is 8.78. The third-order valence-corrected chi connectivity index (χ3v) is 7.57. The van der Waals surface area contributed by atoms with Crippen molar-refractivity contribution in [2.75, 3.05) is 5.75 Å². The van der Waals surface area contributed by atoms with Gasteiger partial charge in [-0.3, -0.25) is 0 Å². The first-order valence-corrected chi connectivity index (χ1v) is 12.2. The van der Waals surface area contributed by atoms with Gasteiger partial charge in [0.2, 0.25) is 10.0 Å². The largest absolute Gasteiger partial charge is 0.465 e. The van der Waals surface area contributed by atoms with Gasteiger partial charge in [-0.1, -0.05) is 48.5 Å². The average Bonchev–Trinajstić information content (AvgIpc) is 3.52. The van der Waals surface area contributed by atoms with E-state index in [1.807, 2.05) is 24.3 Å². The lowest BCUT2D eigenvalue weighted by Crippen LogP contribution is -2.42. The number of hydrogen-bond donors (Lipinski definition) is 3. The number of aryl methyl sites for hydroxylation is 1. The van der Waals surface area contributed by atoms with Crippen LogP contribution in [0.1, 0.15) is 47.4 Å². The van der Waals surface area contributed by atoms with E-state index in [1.54, 1.807) is 0 Å². The first-order chi connectivity index (χ1) is 14.4. The van der Waals surface area contributed by atoms with Gasteiger partial charge >= 0.3 is 6.09 Å². The molecule has 0 spiro atoms. The van der Waals surface area contributed by atoms with Crippen LogP contribution in [0.5, 0.6) is 0 Å². The van der Waals surface area contributed by atoms with Crippen LogP contribution in [0.2, 0.25) is 0 Å². The molecule has 0 aliphatic heterocycles. The molecule has 0 bridgehead atoms. The second-order valence-electron chi connectivity index (χ2n) is 8.47. The van der Waals surface area contributed by atoms with Gasteiger partial charge in [-0.15, -0.1) is 0 Å². The van der Waals surface area contributed by atoms with E-state index in [9.17, 15) is 18.3 Å². The maximum absolute atomic E-state index is 12.2.